The molecule has 128 valence electrons. The molecule has 1 amide bonds. The molecule has 24 heavy (non-hydrogen) atoms. The second-order valence-corrected chi connectivity index (χ2v) is 5.92. The van der Waals surface area contributed by atoms with Crippen molar-refractivity contribution in [1.82, 2.24) is 14.7 Å². The van der Waals surface area contributed by atoms with Crippen LogP contribution in [-0.2, 0) is 0 Å². The number of benzene rings is 1. The third kappa shape index (κ3) is 2.77. The Balaban J connectivity index is 1.83. The van der Waals surface area contributed by atoms with Gasteiger partial charge in [-0.3, -0.25) is 4.79 Å². The van der Waals surface area contributed by atoms with Crippen molar-refractivity contribution in [1.29, 1.82) is 0 Å². The molecule has 1 saturated heterocycles. The molecular formula is C16H16F3N3O2. The third-order valence-electron chi connectivity index (χ3n) is 4.17. The first-order chi connectivity index (χ1) is 11.2. The molecule has 1 aromatic heterocycles. The van der Waals surface area contributed by atoms with Crippen molar-refractivity contribution in [2.24, 2.45) is 0 Å². The largest absolute Gasteiger partial charge is 0.419 e. The van der Waals surface area contributed by atoms with Gasteiger partial charge in [0, 0.05) is 18.7 Å². The summed E-state index contributed by atoms with van der Waals surface area (Å²) >= 11 is 0. The van der Waals surface area contributed by atoms with Crippen LogP contribution in [0.2, 0.25) is 0 Å². The number of aryl methyl sites for hydroxylation is 1. The van der Waals surface area contributed by atoms with Gasteiger partial charge in [0.05, 0.1) is 12.2 Å². The molecule has 1 N–H and O–H groups in total. The van der Waals surface area contributed by atoms with Gasteiger partial charge in [0.2, 0.25) is 0 Å². The number of carbonyl (C=O) groups excluding carboxylic acids is 1. The molecule has 2 aromatic rings. The summed E-state index contributed by atoms with van der Waals surface area (Å²) < 4.78 is 40.2. The maximum Gasteiger partial charge on any atom is 0.419 e. The molecule has 0 bridgehead atoms. The van der Waals surface area contributed by atoms with Crippen molar-refractivity contribution in [3.8, 4) is 5.69 Å². The highest BCUT2D eigenvalue weighted by Crippen LogP contribution is 2.37. The Labute approximate surface area is 136 Å². The number of likely N-dealkylation sites (tertiary alicyclic amines) is 1. The van der Waals surface area contributed by atoms with Gasteiger partial charge in [0.25, 0.3) is 5.91 Å². The molecule has 8 heteroatoms. The fourth-order valence-electron chi connectivity index (χ4n) is 2.77. The van der Waals surface area contributed by atoms with E-state index >= 15 is 0 Å². The number of nitrogens with zero attached hydrogens (tertiary/aromatic N) is 3. The molecule has 1 fully saturated rings. The first-order valence-corrected chi connectivity index (χ1v) is 7.42. The molecule has 0 spiro atoms. The van der Waals surface area contributed by atoms with Gasteiger partial charge >= 0.3 is 6.18 Å². The molecule has 0 saturated carbocycles. The van der Waals surface area contributed by atoms with E-state index in [0.717, 1.165) is 10.6 Å². The Morgan fingerprint density at radius 1 is 1.29 bits per heavy atom. The molecule has 5 nitrogen and oxygen atoms in total. The fourth-order valence-corrected chi connectivity index (χ4v) is 2.77. The number of aliphatic hydroxyl groups is 1. The summed E-state index contributed by atoms with van der Waals surface area (Å²) in [4.78, 5) is 13.4. The first kappa shape index (κ1) is 16.5. The summed E-state index contributed by atoms with van der Waals surface area (Å²) in [6, 6.07) is 10.6. The van der Waals surface area contributed by atoms with Crippen LogP contribution in [0.4, 0.5) is 13.2 Å². The fraction of sp³-hybridized carbons (Fsp3) is 0.375. The molecule has 1 aliphatic heterocycles. The number of amides is 1. The summed E-state index contributed by atoms with van der Waals surface area (Å²) in [6.07, 6.45) is -5.29. The molecule has 0 aliphatic carbocycles. The average molecular weight is 339 g/mol. The predicted octanol–water partition coefficient (Wildman–Crippen LogP) is 2.32. The molecule has 1 aromatic carbocycles. The van der Waals surface area contributed by atoms with Crippen LogP contribution in [0.15, 0.2) is 36.4 Å². The van der Waals surface area contributed by atoms with Gasteiger partial charge in [-0.05, 0) is 25.1 Å². The lowest BCUT2D eigenvalue weighted by molar-refractivity contribution is -0.253. The van der Waals surface area contributed by atoms with Crippen LogP contribution in [0.5, 0.6) is 0 Å². The van der Waals surface area contributed by atoms with E-state index in [1.165, 1.54) is 6.07 Å². The van der Waals surface area contributed by atoms with Gasteiger partial charge < -0.3 is 10.0 Å². The van der Waals surface area contributed by atoms with Crippen LogP contribution in [0.25, 0.3) is 5.69 Å². The van der Waals surface area contributed by atoms with E-state index in [9.17, 15) is 23.1 Å². The van der Waals surface area contributed by atoms with Gasteiger partial charge in [-0.15, -0.1) is 0 Å². The van der Waals surface area contributed by atoms with Gasteiger partial charge in [0.1, 0.15) is 0 Å². The maximum absolute atomic E-state index is 12.9. The smallest absolute Gasteiger partial charge is 0.379 e. The summed E-state index contributed by atoms with van der Waals surface area (Å²) in [5.41, 5.74) is -1.35. The highest BCUT2D eigenvalue weighted by atomic mass is 19.4. The van der Waals surface area contributed by atoms with Crippen LogP contribution in [0.3, 0.4) is 0 Å². The second-order valence-electron chi connectivity index (χ2n) is 5.92. The first-order valence-electron chi connectivity index (χ1n) is 7.42. The van der Waals surface area contributed by atoms with Crippen molar-refractivity contribution in [2.45, 2.75) is 25.1 Å². The number of hydrogen-bond donors (Lipinski definition) is 1. The standard InChI is InChI=1S/C16H16F3N3O2/c1-11-9-13(20-22(11)12-5-3-2-4-6-12)14(23)21-8-7-15(24,10-21)16(17,18)19/h2-6,9,24H,7-8,10H2,1H3. The van der Waals surface area contributed by atoms with E-state index in [1.807, 2.05) is 30.3 Å². The lowest BCUT2D eigenvalue weighted by Gasteiger charge is -2.25. The summed E-state index contributed by atoms with van der Waals surface area (Å²) in [5.74, 6) is -0.618. The van der Waals surface area contributed by atoms with Gasteiger partial charge in [-0.1, -0.05) is 18.2 Å². The predicted molar refractivity (Wildman–Crippen MR) is 79.8 cm³/mol. The van der Waals surface area contributed by atoms with Crippen LogP contribution < -0.4 is 0 Å². The summed E-state index contributed by atoms with van der Waals surface area (Å²) in [7, 11) is 0. The van der Waals surface area contributed by atoms with Crippen LogP contribution in [-0.4, -0.2) is 50.6 Å². The molecule has 2 heterocycles. The quantitative estimate of drug-likeness (QED) is 0.914. The van der Waals surface area contributed by atoms with Gasteiger partial charge in [-0.2, -0.15) is 18.3 Å². The topological polar surface area (TPSA) is 58.4 Å². The Morgan fingerprint density at radius 2 is 1.96 bits per heavy atom. The molecule has 1 atom stereocenters. The minimum absolute atomic E-state index is 0.0581. The van der Waals surface area contributed by atoms with E-state index in [-0.39, 0.29) is 12.2 Å². The van der Waals surface area contributed by atoms with Crippen LogP contribution in [0, 0.1) is 6.92 Å². The minimum Gasteiger partial charge on any atom is -0.379 e. The average Bonchev–Trinajstić information content (AvgIpc) is 3.11. The summed E-state index contributed by atoms with van der Waals surface area (Å²) in [6.45, 7) is 0.825. The number of β-amino-alcohol motifs (C(OH)–C–C–N with tert-alkyl or cyclic N) is 1. The minimum atomic E-state index is -4.76. The molecule has 1 aliphatic rings. The Morgan fingerprint density at radius 3 is 2.54 bits per heavy atom. The molecule has 3 rings (SSSR count). The van der Waals surface area contributed by atoms with Crippen LogP contribution in [0.1, 0.15) is 22.6 Å². The van der Waals surface area contributed by atoms with Crippen molar-refractivity contribution < 1.29 is 23.1 Å². The number of carbonyl (C=O) groups is 1. The maximum atomic E-state index is 12.9. The number of alkyl halides is 3. The Kier molecular flexibility index (Phi) is 3.87. The lowest BCUT2D eigenvalue weighted by Crippen LogP contribution is -2.48. The van der Waals surface area contributed by atoms with Crippen molar-refractivity contribution in [2.75, 3.05) is 13.1 Å². The highest BCUT2D eigenvalue weighted by Gasteiger charge is 2.57. The second kappa shape index (κ2) is 5.62. The Bertz CT molecular complexity index is 758. The molecule has 1 unspecified atom stereocenters. The van der Waals surface area contributed by atoms with Gasteiger partial charge in [-0.25, -0.2) is 4.68 Å². The van der Waals surface area contributed by atoms with Gasteiger partial charge in [0.15, 0.2) is 11.3 Å². The van der Waals surface area contributed by atoms with Crippen molar-refractivity contribution in [3.05, 3.63) is 47.8 Å². The lowest BCUT2D eigenvalue weighted by atomic mass is 10.0. The third-order valence-corrected chi connectivity index (χ3v) is 4.17. The normalized spacial score (nSPS) is 21.3. The molecular weight excluding hydrogens is 323 g/mol. The number of rotatable bonds is 2. The monoisotopic (exact) mass is 339 g/mol. The zero-order chi connectivity index (χ0) is 17.5. The summed E-state index contributed by atoms with van der Waals surface area (Å²) in [5, 5.41) is 13.9. The zero-order valence-electron chi connectivity index (χ0n) is 12.9. The van der Waals surface area contributed by atoms with E-state index in [2.05, 4.69) is 5.10 Å². The van der Waals surface area contributed by atoms with E-state index < -0.39 is 30.7 Å². The number of hydrogen-bond acceptors (Lipinski definition) is 3. The van der Waals surface area contributed by atoms with Crippen molar-refractivity contribution >= 4 is 5.91 Å². The number of halogens is 3. The zero-order valence-corrected chi connectivity index (χ0v) is 12.9. The van der Waals surface area contributed by atoms with Crippen LogP contribution >= 0.6 is 0 Å². The SMILES string of the molecule is Cc1cc(C(=O)N2CCC(O)(C(F)(F)F)C2)nn1-c1ccccc1. The van der Waals surface area contributed by atoms with E-state index in [4.69, 9.17) is 0 Å². The van der Waals surface area contributed by atoms with Crippen molar-refractivity contribution in [3.63, 3.8) is 0 Å². The highest BCUT2D eigenvalue weighted by molar-refractivity contribution is 5.92. The number of para-hydroxylation sites is 1. The van der Waals surface area contributed by atoms with E-state index in [1.54, 1.807) is 11.6 Å². The Hall–Kier alpha value is -2.35. The van der Waals surface area contributed by atoms with E-state index in [0.29, 0.717) is 5.69 Å². The number of aromatic nitrogens is 2. The molecule has 0 radical (unpaired) electrons.